The van der Waals surface area contributed by atoms with E-state index < -0.39 is 0 Å². The summed E-state index contributed by atoms with van der Waals surface area (Å²) in [5.74, 6) is 0.477. The van der Waals surface area contributed by atoms with Gasteiger partial charge in [-0.15, -0.1) is 0 Å². The molecular formula is C19H26N4O2. The van der Waals surface area contributed by atoms with Gasteiger partial charge >= 0.3 is 0 Å². The lowest BCUT2D eigenvalue weighted by molar-refractivity contribution is 0.0736. The zero-order valence-corrected chi connectivity index (χ0v) is 15.1. The van der Waals surface area contributed by atoms with Crippen molar-refractivity contribution < 1.29 is 4.79 Å². The van der Waals surface area contributed by atoms with Crippen LogP contribution < -0.4 is 11.3 Å². The Morgan fingerprint density at radius 1 is 1.32 bits per heavy atom. The van der Waals surface area contributed by atoms with Gasteiger partial charge in [0.2, 0.25) is 0 Å². The average molecular weight is 342 g/mol. The molecule has 1 amide bonds. The number of amides is 1. The second-order valence-corrected chi connectivity index (χ2v) is 7.42. The van der Waals surface area contributed by atoms with Crippen molar-refractivity contribution in [3.05, 3.63) is 40.3 Å². The smallest absolute Gasteiger partial charge is 0.275 e. The molecule has 0 radical (unpaired) electrons. The highest BCUT2D eigenvalue weighted by Crippen LogP contribution is 2.25. The Bertz CT molecular complexity index is 843. The van der Waals surface area contributed by atoms with Gasteiger partial charge in [0.1, 0.15) is 0 Å². The third-order valence-electron chi connectivity index (χ3n) is 4.86. The van der Waals surface area contributed by atoms with Crippen molar-refractivity contribution in [3.63, 3.8) is 0 Å². The van der Waals surface area contributed by atoms with E-state index in [9.17, 15) is 9.59 Å². The Hall–Kier alpha value is -2.21. The average Bonchev–Trinajstić information content (AvgIpc) is 2.97. The van der Waals surface area contributed by atoms with Gasteiger partial charge in [-0.1, -0.05) is 32.0 Å². The lowest BCUT2D eigenvalue weighted by atomic mass is 10.1. The number of aromatic nitrogens is 2. The van der Waals surface area contributed by atoms with Crippen molar-refractivity contribution in [1.29, 1.82) is 0 Å². The van der Waals surface area contributed by atoms with Gasteiger partial charge in [0.25, 0.3) is 11.5 Å². The fourth-order valence-corrected chi connectivity index (χ4v) is 3.59. The maximum absolute atomic E-state index is 13.2. The van der Waals surface area contributed by atoms with Crippen molar-refractivity contribution in [2.45, 2.75) is 39.8 Å². The molecule has 0 bridgehead atoms. The minimum atomic E-state index is -0.143. The molecule has 1 saturated heterocycles. The van der Waals surface area contributed by atoms with Gasteiger partial charge in [0.15, 0.2) is 5.69 Å². The van der Waals surface area contributed by atoms with Crippen LogP contribution in [0.1, 0.15) is 37.7 Å². The van der Waals surface area contributed by atoms with Gasteiger partial charge in [-0.05, 0) is 37.8 Å². The third kappa shape index (κ3) is 3.31. The molecular weight excluding hydrogens is 316 g/mol. The number of carbonyl (C=O) groups excluding carboxylic acids is 1. The molecule has 1 aliphatic heterocycles. The molecule has 6 heteroatoms. The normalized spacial score (nSPS) is 20.6. The summed E-state index contributed by atoms with van der Waals surface area (Å²) >= 11 is 0. The highest BCUT2D eigenvalue weighted by molar-refractivity contribution is 6.05. The van der Waals surface area contributed by atoms with Crippen molar-refractivity contribution in [1.82, 2.24) is 14.7 Å². The van der Waals surface area contributed by atoms with E-state index in [2.05, 4.69) is 5.10 Å². The van der Waals surface area contributed by atoms with E-state index >= 15 is 0 Å². The Morgan fingerprint density at radius 2 is 2.00 bits per heavy atom. The number of fused-ring (bicyclic) bond motifs is 1. The molecule has 6 nitrogen and oxygen atoms in total. The molecule has 1 fully saturated rings. The van der Waals surface area contributed by atoms with Crippen LogP contribution in [0.15, 0.2) is 29.1 Å². The molecule has 3 rings (SSSR count). The van der Waals surface area contributed by atoms with E-state index in [0.29, 0.717) is 42.0 Å². The topological polar surface area (TPSA) is 81.2 Å². The summed E-state index contributed by atoms with van der Waals surface area (Å²) in [4.78, 5) is 27.7. The summed E-state index contributed by atoms with van der Waals surface area (Å²) in [6.45, 7) is 7.81. The maximum atomic E-state index is 13.2. The molecule has 2 atom stereocenters. The molecule has 0 spiro atoms. The van der Waals surface area contributed by atoms with Crippen LogP contribution in [-0.4, -0.2) is 39.7 Å². The van der Waals surface area contributed by atoms with Crippen molar-refractivity contribution in [2.75, 3.05) is 13.1 Å². The SMILES string of the molecule is CC(C)Cn1nc(C(=O)N2CC(CN)CC2C)c2ccccc2c1=O. The molecule has 0 aliphatic carbocycles. The quantitative estimate of drug-likeness (QED) is 0.919. The van der Waals surface area contributed by atoms with E-state index in [1.807, 2.05) is 37.8 Å². The molecule has 2 heterocycles. The van der Waals surface area contributed by atoms with E-state index in [4.69, 9.17) is 5.73 Å². The second kappa shape index (κ2) is 6.96. The molecule has 0 saturated carbocycles. The second-order valence-electron chi connectivity index (χ2n) is 7.42. The highest BCUT2D eigenvalue weighted by atomic mass is 16.2. The largest absolute Gasteiger partial charge is 0.334 e. The molecule has 1 aromatic carbocycles. The van der Waals surface area contributed by atoms with Crippen LogP contribution in [-0.2, 0) is 6.54 Å². The number of nitrogens with zero attached hydrogens (tertiary/aromatic N) is 3. The maximum Gasteiger partial charge on any atom is 0.275 e. The van der Waals surface area contributed by atoms with Crippen LogP contribution in [0.4, 0.5) is 0 Å². The van der Waals surface area contributed by atoms with Gasteiger partial charge in [0, 0.05) is 24.5 Å². The summed E-state index contributed by atoms with van der Waals surface area (Å²) in [6, 6.07) is 7.36. The minimum Gasteiger partial charge on any atom is -0.334 e. The summed E-state index contributed by atoms with van der Waals surface area (Å²) in [6.07, 6.45) is 0.909. The Labute approximate surface area is 147 Å². The summed E-state index contributed by atoms with van der Waals surface area (Å²) in [5, 5.41) is 5.62. The molecule has 1 aliphatic rings. The van der Waals surface area contributed by atoms with Crippen molar-refractivity contribution in [3.8, 4) is 0 Å². The number of hydrogen-bond acceptors (Lipinski definition) is 4. The van der Waals surface area contributed by atoms with Crippen molar-refractivity contribution in [2.24, 2.45) is 17.6 Å². The Kier molecular flexibility index (Phi) is 4.90. The lowest BCUT2D eigenvalue weighted by Gasteiger charge is -2.22. The molecule has 2 unspecified atom stereocenters. The van der Waals surface area contributed by atoms with Crippen LogP contribution in [0, 0.1) is 11.8 Å². The van der Waals surface area contributed by atoms with Gasteiger partial charge < -0.3 is 10.6 Å². The first kappa shape index (κ1) is 17.6. The number of benzene rings is 1. The molecule has 2 aromatic rings. The van der Waals surface area contributed by atoms with Crippen LogP contribution in [0.3, 0.4) is 0 Å². The third-order valence-corrected chi connectivity index (χ3v) is 4.86. The van der Waals surface area contributed by atoms with Gasteiger partial charge in [-0.25, -0.2) is 4.68 Å². The van der Waals surface area contributed by atoms with E-state index in [-0.39, 0.29) is 23.4 Å². The Balaban J connectivity index is 2.10. The van der Waals surface area contributed by atoms with Crippen LogP contribution in [0.2, 0.25) is 0 Å². The summed E-state index contributed by atoms with van der Waals surface area (Å²) < 4.78 is 1.43. The fourth-order valence-electron chi connectivity index (χ4n) is 3.59. The summed E-state index contributed by atoms with van der Waals surface area (Å²) in [7, 11) is 0. The fraction of sp³-hybridized carbons (Fsp3) is 0.526. The summed E-state index contributed by atoms with van der Waals surface area (Å²) in [5.41, 5.74) is 6.01. The number of nitrogens with two attached hydrogens (primary N) is 1. The van der Waals surface area contributed by atoms with E-state index in [1.165, 1.54) is 4.68 Å². The number of carbonyl (C=O) groups is 1. The monoisotopic (exact) mass is 342 g/mol. The number of likely N-dealkylation sites (tertiary alicyclic amines) is 1. The first-order valence-electron chi connectivity index (χ1n) is 8.93. The van der Waals surface area contributed by atoms with Crippen LogP contribution >= 0.6 is 0 Å². The first-order chi connectivity index (χ1) is 11.9. The van der Waals surface area contributed by atoms with Gasteiger partial charge in [-0.2, -0.15) is 5.10 Å². The van der Waals surface area contributed by atoms with Crippen LogP contribution in [0.5, 0.6) is 0 Å². The van der Waals surface area contributed by atoms with Gasteiger partial charge in [-0.3, -0.25) is 9.59 Å². The minimum absolute atomic E-state index is 0.114. The predicted molar refractivity (Wildman–Crippen MR) is 98.5 cm³/mol. The first-order valence-corrected chi connectivity index (χ1v) is 8.93. The Morgan fingerprint density at radius 3 is 2.60 bits per heavy atom. The highest BCUT2D eigenvalue weighted by Gasteiger charge is 2.33. The lowest BCUT2D eigenvalue weighted by Crippen LogP contribution is -2.37. The predicted octanol–water partition coefficient (Wildman–Crippen LogP) is 1.86. The zero-order chi connectivity index (χ0) is 18.1. The van der Waals surface area contributed by atoms with E-state index in [0.717, 1.165) is 6.42 Å². The zero-order valence-electron chi connectivity index (χ0n) is 15.1. The van der Waals surface area contributed by atoms with Crippen molar-refractivity contribution >= 4 is 16.7 Å². The molecule has 2 N–H and O–H groups in total. The molecule has 25 heavy (non-hydrogen) atoms. The van der Waals surface area contributed by atoms with Crippen LogP contribution in [0.25, 0.3) is 10.8 Å². The van der Waals surface area contributed by atoms with Gasteiger partial charge in [0.05, 0.1) is 5.39 Å². The standard InChI is InChI=1S/C19H26N4O2/c1-12(2)10-23-18(24)16-7-5-4-6-15(16)17(21-23)19(25)22-11-14(9-20)8-13(22)3/h4-7,12-14H,8-11,20H2,1-3H3. The number of rotatable bonds is 4. The molecule has 1 aromatic heterocycles. The molecule has 134 valence electrons. The van der Waals surface area contributed by atoms with E-state index in [1.54, 1.807) is 12.1 Å². The number of hydrogen-bond donors (Lipinski definition) is 1.